The van der Waals surface area contributed by atoms with E-state index in [0.29, 0.717) is 35.8 Å². The fourth-order valence-electron chi connectivity index (χ4n) is 5.58. The number of rotatable bonds is 12. The van der Waals surface area contributed by atoms with E-state index in [4.69, 9.17) is 14.7 Å². The van der Waals surface area contributed by atoms with E-state index in [-0.39, 0.29) is 36.3 Å². The molecule has 0 bridgehead atoms. The van der Waals surface area contributed by atoms with Crippen LogP contribution < -0.4 is 10.6 Å². The summed E-state index contributed by atoms with van der Waals surface area (Å²) >= 11 is 0. The summed E-state index contributed by atoms with van der Waals surface area (Å²) < 4.78 is 7.74. The van der Waals surface area contributed by atoms with E-state index in [1.807, 2.05) is 57.2 Å². The topological polar surface area (TPSA) is 179 Å². The van der Waals surface area contributed by atoms with Crippen LogP contribution in [-0.4, -0.2) is 81.4 Å². The molecule has 1 unspecified atom stereocenters. The first kappa shape index (κ1) is 30.6. The average molecular weight is 614 g/mol. The lowest BCUT2D eigenvalue weighted by atomic mass is 9.91. The van der Waals surface area contributed by atoms with Crippen LogP contribution in [0.1, 0.15) is 61.8 Å². The standard InChI is InChI=1S/C32H39N9O4/c1-4-23-36-29(40-39-23)27-25(43)26(44)31(45-27)41-17-34-24-28(37-32(38-30(24)41)35-22(16-42)18(2)3)33-15-21(19-11-7-5-8-12-19)20-13-9-6-10-14-20/h5-14,17-18,21-22,25-27,31,42-44H,4,15-16H2,1-3H3,(H,36,39,40)(H2,33,35,37,38)/t22?,25-,26+,27-,31+/m0/s1. The van der Waals surface area contributed by atoms with Gasteiger partial charge in [-0.25, -0.2) is 9.97 Å². The summed E-state index contributed by atoms with van der Waals surface area (Å²) in [6.45, 7) is 6.33. The predicted octanol–water partition coefficient (Wildman–Crippen LogP) is 3.17. The number of aliphatic hydroxyl groups is 3. The minimum atomic E-state index is -1.31. The van der Waals surface area contributed by atoms with Gasteiger partial charge in [-0.1, -0.05) is 81.4 Å². The summed E-state index contributed by atoms with van der Waals surface area (Å²) in [6, 6.07) is 20.2. The lowest BCUT2D eigenvalue weighted by Crippen LogP contribution is -2.31. The van der Waals surface area contributed by atoms with Gasteiger partial charge in [-0.15, -0.1) is 0 Å². The highest BCUT2D eigenvalue weighted by Crippen LogP contribution is 2.39. The summed E-state index contributed by atoms with van der Waals surface area (Å²) in [5.74, 6) is 1.79. The van der Waals surface area contributed by atoms with Crippen molar-refractivity contribution in [1.29, 1.82) is 0 Å². The minimum absolute atomic E-state index is 0.0158. The molecule has 2 aromatic carbocycles. The van der Waals surface area contributed by atoms with Crippen LogP contribution in [0, 0.1) is 5.92 Å². The van der Waals surface area contributed by atoms with Gasteiger partial charge in [0.2, 0.25) is 5.95 Å². The monoisotopic (exact) mass is 613 g/mol. The second-order valence-corrected chi connectivity index (χ2v) is 11.6. The zero-order valence-corrected chi connectivity index (χ0v) is 25.4. The molecule has 0 aliphatic carbocycles. The first-order valence-electron chi connectivity index (χ1n) is 15.3. The van der Waals surface area contributed by atoms with E-state index >= 15 is 0 Å². The van der Waals surface area contributed by atoms with Gasteiger partial charge >= 0.3 is 0 Å². The second kappa shape index (κ2) is 13.3. The molecule has 45 heavy (non-hydrogen) atoms. The highest BCUT2D eigenvalue weighted by atomic mass is 16.6. The molecule has 13 heteroatoms. The Balaban J connectivity index is 1.37. The van der Waals surface area contributed by atoms with Crippen molar-refractivity contribution in [3.05, 3.63) is 89.8 Å². The maximum Gasteiger partial charge on any atom is 0.227 e. The third-order valence-electron chi connectivity index (χ3n) is 8.27. The zero-order chi connectivity index (χ0) is 31.5. The molecule has 4 heterocycles. The molecule has 3 aromatic heterocycles. The molecule has 1 aliphatic rings. The summed E-state index contributed by atoms with van der Waals surface area (Å²) in [6.07, 6.45) is -2.40. The van der Waals surface area contributed by atoms with Gasteiger partial charge in [0.25, 0.3) is 0 Å². The molecule has 0 radical (unpaired) electrons. The number of imidazole rings is 1. The van der Waals surface area contributed by atoms with Gasteiger partial charge in [-0.3, -0.25) is 9.67 Å². The molecule has 1 aliphatic heterocycles. The minimum Gasteiger partial charge on any atom is -0.394 e. The number of aromatic nitrogens is 7. The number of fused-ring (bicyclic) bond motifs is 1. The van der Waals surface area contributed by atoms with Crippen molar-refractivity contribution in [3.63, 3.8) is 0 Å². The lowest BCUT2D eigenvalue weighted by Gasteiger charge is -2.22. The normalized spacial score (nSPS) is 20.7. The van der Waals surface area contributed by atoms with Gasteiger partial charge in [0.15, 0.2) is 35.1 Å². The molecule has 236 valence electrons. The number of benzene rings is 2. The van der Waals surface area contributed by atoms with Gasteiger partial charge in [0.05, 0.1) is 19.0 Å². The molecule has 0 saturated carbocycles. The molecule has 1 saturated heterocycles. The van der Waals surface area contributed by atoms with E-state index in [1.54, 1.807) is 4.57 Å². The Morgan fingerprint density at radius 2 is 1.64 bits per heavy atom. The highest BCUT2D eigenvalue weighted by Gasteiger charge is 2.47. The van der Waals surface area contributed by atoms with Gasteiger partial charge < -0.3 is 30.7 Å². The van der Waals surface area contributed by atoms with Gasteiger partial charge in [0, 0.05) is 18.9 Å². The number of nitrogens with zero attached hydrogens (tertiary/aromatic N) is 6. The van der Waals surface area contributed by atoms with Crippen molar-refractivity contribution in [3.8, 4) is 0 Å². The fourth-order valence-corrected chi connectivity index (χ4v) is 5.58. The van der Waals surface area contributed by atoms with Gasteiger partial charge in [-0.2, -0.15) is 15.1 Å². The smallest absolute Gasteiger partial charge is 0.227 e. The van der Waals surface area contributed by atoms with Crippen LogP contribution in [0.5, 0.6) is 0 Å². The maximum atomic E-state index is 11.1. The predicted molar refractivity (Wildman–Crippen MR) is 169 cm³/mol. The summed E-state index contributed by atoms with van der Waals surface area (Å²) in [7, 11) is 0. The van der Waals surface area contributed by atoms with E-state index in [1.165, 1.54) is 6.33 Å². The summed E-state index contributed by atoms with van der Waals surface area (Å²) in [5, 5.41) is 45.8. The summed E-state index contributed by atoms with van der Waals surface area (Å²) in [4.78, 5) is 18.5. The Morgan fingerprint density at radius 1 is 0.956 bits per heavy atom. The van der Waals surface area contributed by atoms with Crippen LogP contribution >= 0.6 is 0 Å². The number of hydrogen-bond acceptors (Lipinski definition) is 11. The Hall–Kier alpha value is -4.43. The van der Waals surface area contributed by atoms with Crippen LogP contribution in [-0.2, 0) is 11.2 Å². The third kappa shape index (κ3) is 6.25. The molecule has 5 atom stereocenters. The number of hydrogen-bond donors (Lipinski definition) is 6. The van der Waals surface area contributed by atoms with Gasteiger partial charge in [-0.05, 0) is 17.0 Å². The van der Waals surface area contributed by atoms with E-state index in [2.05, 4.69) is 55.1 Å². The molecule has 6 N–H and O–H groups in total. The number of aryl methyl sites for hydroxylation is 1. The quantitative estimate of drug-likeness (QED) is 0.122. The molecular formula is C32H39N9O4. The van der Waals surface area contributed by atoms with Crippen molar-refractivity contribution in [2.24, 2.45) is 5.92 Å². The van der Waals surface area contributed by atoms with Crippen LogP contribution in [0.15, 0.2) is 67.0 Å². The van der Waals surface area contributed by atoms with Crippen LogP contribution in [0.25, 0.3) is 11.2 Å². The molecule has 1 fully saturated rings. The molecular weight excluding hydrogens is 574 g/mol. The number of aromatic amines is 1. The van der Waals surface area contributed by atoms with Crippen LogP contribution in [0.4, 0.5) is 11.8 Å². The molecule has 13 nitrogen and oxygen atoms in total. The van der Waals surface area contributed by atoms with Gasteiger partial charge in [0.1, 0.15) is 18.0 Å². The largest absolute Gasteiger partial charge is 0.394 e. The number of anilines is 2. The molecule has 5 aromatic rings. The number of H-pyrrole nitrogens is 1. The Labute approximate surface area is 260 Å². The average Bonchev–Trinajstić information content (AvgIpc) is 3.78. The van der Waals surface area contributed by atoms with E-state index < -0.39 is 24.5 Å². The number of nitrogens with one attached hydrogen (secondary N) is 3. The van der Waals surface area contributed by atoms with Crippen molar-refractivity contribution in [1.82, 2.24) is 34.7 Å². The lowest BCUT2D eigenvalue weighted by molar-refractivity contribution is -0.0382. The molecule has 0 amide bonds. The van der Waals surface area contributed by atoms with Crippen molar-refractivity contribution >= 4 is 22.9 Å². The maximum absolute atomic E-state index is 11.1. The molecule has 6 rings (SSSR count). The number of aliphatic hydroxyl groups excluding tert-OH is 3. The number of ether oxygens (including phenoxy) is 1. The molecule has 0 spiro atoms. The SMILES string of the molecule is CCc1nc([C@H]2O[C@@H](n3cnc4c(NCC(c5ccccc5)c5ccccc5)nc(NC(CO)C(C)C)nc43)[C@H](O)[C@@H]2O)n[nH]1. The van der Waals surface area contributed by atoms with Crippen molar-refractivity contribution < 1.29 is 20.1 Å². The van der Waals surface area contributed by atoms with E-state index in [0.717, 1.165) is 11.1 Å². The van der Waals surface area contributed by atoms with Crippen molar-refractivity contribution in [2.45, 2.75) is 63.7 Å². The Bertz CT molecular complexity index is 1660. The first-order valence-corrected chi connectivity index (χ1v) is 15.3. The van der Waals surface area contributed by atoms with Crippen molar-refractivity contribution in [2.75, 3.05) is 23.8 Å². The zero-order valence-electron chi connectivity index (χ0n) is 25.4. The third-order valence-corrected chi connectivity index (χ3v) is 8.27. The summed E-state index contributed by atoms with van der Waals surface area (Å²) in [5.41, 5.74) is 3.13. The van der Waals surface area contributed by atoms with Crippen LogP contribution in [0.3, 0.4) is 0 Å². The second-order valence-electron chi connectivity index (χ2n) is 11.6. The first-order chi connectivity index (χ1) is 21.9. The Morgan fingerprint density at radius 3 is 2.24 bits per heavy atom. The van der Waals surface area contributed by atoms with Crippen LogP contribution in [0.2, 0.25) is 0 Å². The van der Waals surface area contributed by atoms with E-state index in [9.17, 15) is 15.3 Å². The Kier molecular flexibility index (Phi) is 9.03. The fraction of sp³-hybridized carbons (Fsp3) is 0.406. The highest BCUT2D eigenvalue weighted by molar-refractivity contribution is 5.84.